The number of pyridine rings is 1. The van der Waals surface area contributed by atoms with Crippen molar-refractivity contribution >= 4 is 17.6 Å². The zero-order chi connectivity index (χ0) is 12.1. The third kappa shape index (κ3) is 3.17. The molecule has 0 unspecified atom stereocenters. The molecule has 0 aromatic carbocycles. The fourth-order valence-corrected chi connectivity index (χ4v) is 1.84. The lowest BCUT2D eigenvalue weighted by atomic mass is 10.3. The van der Waals surface area contributed by atoms with E-state index in [0.29, 0.717) is 0 Å². The van der Waals surface area contributed by atoms with Crippen LogP contribution in [0.2, 0.25) is 0 Å². The van der Waals surface area contributed by atoms with Crippen molar-refractivity contribution in [3.8, 4) is 0 Å². The van der Waals surface area contributed by atoms with E-state index in [1.165, 1.54) is 5.56 Å². The lowest BCUT2D eigenvalue weighted by Gasteiger charge is -2.18. The largest absolute Gasteiger partial charge is 0.355 e. The maximum atomic E-state index is 4.44. The average molecular weight is 246 g/mol. The molecular formula is C12H14N4S. The lowest BCUT2D eigenvalue weighted by Crippen LogP contribution is -2.18. The lowest BCUT2D eigenvalue weighted by molar-refractivity contribution is 0.853. The number of hydrogen-bond donors (Lipinski definition) is 0. The number of nitrogens with zero attached hydrogens (tertiary/aromatic N) is 4. The summed E-state index contributed by atoms with van der Waals surface area (Å²) in [5, 5.41) is 0.792. The van der Waals surface area contributed by atoms with E-state index >= 15 is 0 Å². The molecule has 0 aliphatic carbocycles. The normalized spacial score (nSPS) is 10.2. The van der Waals surface area contributed by atoms with Crippen molar-refractivity contribution in [2.45, 2.75) is 11.7 Å². The molecule has 0 fully saturated rings. The van der Waals surface area contributed by atoms with Crippen molar-refractivity contribution in [3.63, 3.8) is 0 Å². The molecule has 0 aliphatic heterocycles. The van der Waals surface area contributed by atoms with E-state index in [0.717, 1.165) is 17.5 Å². The van der Waals surface area contributed by atoms with Crippen molar-refractivity contribution in [1.82, 2.24) is 15.0 Å². The first-order chi connectivity index (χ1) is 8.29. The minimum Gasteiger partial charge on any atom is -0.355 e. The van der Waals surface area contributed by atoms with Gasteiger partial charge >= 0.3 is 0 Å². The number of rotatable bonds is 4. The highest BCUT2D eigenvalue weighted by atomic mass is 32.2. The molecule has 5 heteroatoms. The third-order valence-electron chi connectivity index (χ3n) is 2.33. The molecule has 0 N–H and O–H groups in total. The summed E-state index contributed by atoms with van der Waals surface area (Å²) in [7, 11) is 2.01. The molecule has 2 rings (SSSR count). The van der Waals surface area contributed by atoms with Crippen LogP contribution in [-0.2, 0) is 6.54 Å². The Hall–Kier alpha value is -1.62. The summed E-state index contributed by atoms with van der Waals surface area (Å²) in [4.78, 5) is 14.8. The van der Waals surface area contributed by atoms with Gasteiger partial charge in [0.25, 0.3) is 0 Å². The zero-order valence-corrected chi connectivity index (χ0v) is 10.7. The first kappa shape index (κ1) is 11.9. The molecule has 2 aromatic rings. The van der Waals surface area contributed by atoms with Crippen LogP contribution in [0.3, 0.4) is 0 Å². The molecule has 0 amide bonds. The van der Waals surface area contributed by atoms with Crippen LogP contribution in [-0.4, -0.2) is 28.3 Å². The number of thioether (sulfide) groups is 1. The summed E-state index contributed by atoms with van der Waals surface area (Å²) < 4.78 is 0. The first-order valence-electron chi connectivity index (χ1n) is 5.26. The molecule has 2 aromatic heterocycles. The number of aromatic nitrogens is 3. The van der Waals surface area contributed by atoms with Gasteiger partial charge in [0, 0.05) is 32.2 Å². The Balaban J connectivity index is 2.11. The highest BCUT2D eigenvalue weighted by Gasteiger charge is 2.04. The molecule has 0 saturated heterocycles. The summed E-state index contributed by atoms with van der Waals surface area (Å²) in [5.41, 5.74) is 1.17. The van der Waals surface area contributed by atoms with Crippen LogP contribution in [0.25, 0.3) is 0 Å². The van der Waals surface area contributed by atoms with E-state index in [-0.39, 0.29) is 0 Å². The molecule has 0 spiro atoms. The van der Waals surface area contributed by atoms with Gasteiger partial charge in [-0.3, -0.25) is 4.98 Å². The van der Waals surface area contributed by atoms with Gasteiger partial charge in [-0.05, 0) is 24.0 Å². The van der Waals surface area contributed by atoms with E-state index in [4.69, 9.17) is 0 Å². The van der Waals surface area contributed by atoms with Crippen molar-refractivity contribution in [3.05, 3.63) is 42.4 Å². The molecule has 0 radical (unpaired) electrons. The Morgan fingerprint density at radius 3 is 2.88 bits per heavy atom. The minimum absolute atomic E-state index is 0.790. The predicted octanol–water partition coefficient (Wildman–Crippen LogP) is 2.23. The van der Waals surface area contributed by atoms with Crippen LogP contribution in [0, 0.1) is 0 Å². The molecule has 0 saturated carbocycles. The Labute approximate surface area is 105 Å². The van der Waals surface area contributed by atoms with Gasteiger partial charge in [-0.2, -0.15) is 0 Å². The topological polar surface area (TPSA) is 41.9 Å². The number of anilines is 1. The summed E-state index contributed by atoms with van der Waals surface area (Å²) >= 11 is 1.55. The molecule has 17 heavy (non-hydrogen) atoms. The fourth-order valence-electron chi connectivity index (χ4n) is 1.49. The van der Waals surface area contributed by atoms with Gasteiger partial charge in [-0.1, -0.05) is 17.8 Å². The molecule has 2 heterocycles. The summed E-state index contributed by atoms with van der Waals surface area (Å²) in [6.45, 7) is 0.790. The summed E-state index contributed by atoms with van der Waals surface area (Å²) in [6, 6.07) is 5.91. The quantitative estimate of drug-likeness (QED) is 0.611. The van der Waals surface area contributed by atoms with E-state index < -0.39 is 0 Å². The average Bonchev–Trinajstić information content (AvgIpc) is 2.40. The number of hydrogen-bond acceptors (Lipinski definition) is 5. The molecule has 4 nitrogen and oxygen atoms in total. The molecule has 88 valence electrons. The van der Waals surface area contributed by atoms with Crippen LogP contribution in [0.4, 0.5) is 5.82 Å². The van der Waals surface area contributed by atoms with Gasteiger partial charge in [0.15, 0.2) is 5.16 Å². The van der Waals surface area contributed by atoms with Crippen molar-refractivity contribution in [1.29, 1.82) is 0 Å². The standard InChI is InChI=1S/C12H14N4S/c1-16(9-10-4-3-6-13-8-10)11-5-7-14-12(15-11)17-2/h3-8H,9H2,1-2H3. The SMILES string of the molecule is CSc1nccc(N(C)Cc2cccnc2)n1. The van der Waals surface area contributed by atoms with Crippen LogP contribution >= 0.6 is 11.8 Å². The molecular weight excluding hydrogens is 232 g/mol. The highest BCUT2D eigenvalue weighted by Crippen LogP contribution is 2.15. The second-order valence-corrected chi connectivity index (χ2v) is 4.39. The maximum Gasteiger partial charge on any atom is 0.189 e. The molecule has 0 aliphatic rings. The van der Waals surface area contributed by atoms with E-state index in [9.17, 15) is 0 Å². The van der Waals surface area contributed by atoms with E-state index in [2.05, 4.69) is 25.9 Å². The Morgan fingerprint density at radius 1 is 1.29 bits per heavy atom. The Morgan fingerprint density at radius 2 is 2.18 bits per heavy atom. The van der Waals surface area contributed by atoms with Gasteiger partial charge < -0.3 is 4.90 Å². The van der Waals surface area contributed by atoms with Gasteiger partial charge in [0.1, 0.15) is 5.82 Å². The van der Waals surface area contributed by atoms with Gasteiger partial charge in [-0.15, -0.1) is 0 Å². The van der Waals surface area contributed by atoms with Crippen LogP contribution in [0.1, 0.15) is 5.56 Å². The Kier molecular flexibility index (Phi) is 3.93. The first-order valence-corrected chi connectivity index (χ1v) is 6.49. The zero-order valence-electron chi connectivity index (χ0n) is 9.87. The minimum atomic E-state index is 0.790. The van der Waals surface area contributed by atoms with E-state index in [1.54, 1.807) is 24.2 Å². The molecule has 0 bridgehead atoms. The van der Waals surface area contributed by atoms with Crippen LogP contribution in [0.15, 0.2) is 41.9 Å². The Bertz CT molecular complexity index is 475. The van der Waals surface area contributed by atoms with Gasteiger partial charge in [-0.25, -0.2) is 9.97 Å². The summed E-state index contributed by atoms with van der Waals surface area (Å²) in [5.74, 6) is 0.924. The predicted molar refractivity (Wildman–Crippen MR) is 70.2 cm³/mol. The highest BCUT2D eigenvalue weighted by molar-refractivity contribution is 7.98. The smallest absolute Gasteiger partial charge is 0.189 e. The third-order valence-corrected chi connectivity index (χ3v) is 2.90. The fraction of sp³-hybridized carbons (Fsp3) is 0.250. The van der Waals surface area contributed by atoms with E-state index in [1.807, 2.05) is 31.6 Å². The van der Waals surface area contributed by atoms with Crippen LogP contribution in [0.5, 0.6) is 0 Å². The van der Waals surface area contributed by atoms with Gasteiger partial charge in [0.2, 0.25) is 0 Å². The molecule has 0 atom stereocenters. The van der Waals surface area contributed by atoms with Crippen LogP contribution < -0.4 is 4.90 Å². The maximum absolute atomic E-state index is 4.44. The monoisotopic (exact) mass is 246 g/mol. The van der Waals surface area contributed by atoms with Crippen molar-refractivity contribution in [2.75, 3.05) is 18.2 Å². The second-order valence-electron chi connectivity index (χ2n) is 3.62. The second kappa shape index (κ2) is 5.63. The summed E-state index contributed by atoms with van der Waals surface area (Å²) in [6.07, 6.45) is 7.40. The van der Waals surface area contributed by atoms with Gasteiger partial charge in [0.05, 0.1) is 0 Å². The van der Waals surface area contributed by atoms with Crippen molar-refractivity contribution < 1.29 is 0 Å². The van der Waals surface area contributed by atoms with Crippen molar-refractivity contribution in [2.24, 2.45) is 0 Å².